The molecule has 0 saturated carbocycles. The fourth-order valence-corrected chi connectivity index (χ4v) is 1.46. The first-order valence-electron chi connectivity index (χ1n) is 5.22. The lowest BCUT2D eigenvalue weighted by Crippen LogP contribution is -2.29. The zero-order chi connectivity index (χ0) is 11.1. The number of hydrogen-bond donors (Lipinski definition) is 2. The van der Waals surface area contributed by atoms with Crippen molar-refractivity contribution >= 4 is 5.97 Å². The second-order valence-electron chi connectivity index (χ2n) is 3.68. The van der Waals surface area contributed by atoms with E-state index >= 15 is 0 Å². The van der Waals surface area contributed by atoms with Crippen LogP contribution in [0.1, 0.15) is 24.8 Å². The van der Waals surface area contributed by atoms with Gasteiger partial charge in [-0.05, 0) is 24.8 Å². The van der Waals surface area contributed by atoms with Crippen LogP contribution in [0.5, 0.6) is 0 Å². The van der Waals surface area contributed by atoms with E-state index in [1.807, 2.05) is 18.2 Å². The molecular formula is C12H17NO2. The molecule has 0 bridgehead atoms. The van der Waals surface area contributed by atoms with Crippen LogP contribution in [0.3, 0.4) is 0 Å². The summed E-state index contributed by atoms with van der Waals surface area (Å²) in [6.45, 7) is 0. The monoisotopic (exact) mass is 207 g/mol. The molecule has 3 nitrogen and oxygen atoms in total. The lowest BCUT2D eigenvalue weighted by atomic mass is 10.0. The number of benzene rings is 1. The van der Waals surface area contributed by atoms with Crippen molar-refractivity contribution in [3.05, 3.63) is 35.9 Å². The Morgan fingerprint density at radius 1 is 1.27 bits per heavy atom. The van der Waals surface area contributed by atoms with Crippen LogP contribution in [0.2, 0.25) is 0 Å². The molecule has 0 aliphatic heterocycles. The molecule has 0 aliphatic rings. The minimum Gasteiger partial charge on any atom is -0.480 e. The van der Waals surface area contributed by atoms with Crippen molar-refractivity contribution in [2.75, 3.05) is 0 Å². The first kappa shape index (κ1) is 11.7. The van der Waals surface area contributed by atoms with Crippen molar-refractivity contribution in [3.63, 3.8) is 0 Å². The second kappa shape index (κ2) is 6.19. The van der Waals surface area contributed by atoms with Gasteiger partial charge in [-0.25, -0.2) is 0 Å². The summed E-state index contributed by atoms with van der Waals surface area (Å²) in [6.07, 6.45) is 3.41. The third kappa shape index (κ3) is 4.61. The van der Waals surface area contributed by atoms with E-state index in [2.05, 4.69) is 12.1 Å². The zero-order valence-corrected chi connectivity index (χ0v) is 8.73. The highest BCUT2D eigenvalue weighted by molar-refractivity contribution is 5.72. The molecule has 1 aromatic rings. The van der Waals surface area contributed by atoms with E-state index in [1.54, 1.807) is 0 Å². The minimum absolute atomic E-state index is 0.558. The molecule has 0 spiro atoms. The van der Waals surface area contributed by atoms with Crippen molar-refractivity contribution in [1.29, 1.82) is 0 Å². The molecule has 0 amide bonds. The second-order valence-corrected chi connectivity index (χ2v) is 3.68. The highest BCUT2D eigenvalue weighted by atomic mass is 16.4. The largest absolute Gasteiger partial charge is 0.480 e. The number of unbranched alkanes of at least 4 members (excludes halogenated alkanes) is 1. The van der Waals surface area contributed by atoms with Gasteiger partial charge in [0.1, 0.15) is 6.04 Å². The van der Waals surface area contributed by atoms with Crippen molar-refractivity contribution in [3.8, 4) is 0 Å². The zero-order valence-electron chi connectivity index (χ0n) is 8.73. The summed E-state index contributed by atoms with van der Waals surface area (Å²) in [4.78, 5) is 10.4. The van der Waals surface area contributed by atoms with Crippen LogP contribution in [0, 0.1) is 0 Å². The number of aryl methyl sites for hydroxylation is 1. The number of hydrogen-bond acceptors (Lipinski definition) is 2. The van der Waals surface area contributed by atoms with Crippen LogP contribution in [-0.4, -0.2) is 17.1 Å². The van der Waals surface area contributed by atoms with Crippen LogP contribution >= 0.6 is 0 Å². The van der Waals surface area contributed by atoms with E-state index < -0.39 is 12.0 Å². The molecule has 0 radical (unpaired) electrons. The standard InChI is InChI=1S/C12H17NO2/c13-11(12(14)15)9-5-4-8-10-6-2-1-3-7-10/h1-3,6-7,11H,4-5,8-9,13H2,(H,14,15)/t11-/m1/s1. The molecule has 0 heterocycles. The molecule has 3 N–H and O–H groups in total. The maximum absolute atomic E-state index is 10.4. The molecule has 1 atom stereocenters. The summed E-state index contributed by atoms with van der Waals surface area (Å²) in [5.74, 6) is -0.908. The van der Waals surface area contributed by atoms with E-state index in [0.29, 0.717) is 6.42 Å². The first-order valence-corrected chi connectivity index (χ1v) is 5.22. The number of nitrogens with two attached hydrogens (primary N) is 1. The summed E-state index contributed by atoms with van der Waals surface area (Å²) >= 11 is 0. The van der Waals surface area contributed by atoms with Gasteiger partial charge in [0.05, 0.1) is 0 Å². The number of carboxylic acid groups (broad SMARTS) is 1. The van der Waals surface area contributed by atoms with Crippen molar-refractivity contribution in [1.82, 2.24) is 0 Å². The summed E-state index contributed by atoms with van der Waals surface area (Å²) in [7, 11) is 0. The molecule has 3 heteroatoms. The minimum atomic E-state index is -0.908. The number of carbonyl (C=O) groups is 1. The maximum atomic E-state index is 10.4. The lowest BCUT2D eigenvalue weighted by molar-refractivity contribution is -0.138. The Labute approximate surface area is 89.9 Å². The fraction of sp³-hybridized carbons (Fsp3) is 0.417. The van der Waals surface area contributed by atoms with Crippen molar-refractivity contribution in [2.24, 2.45) is 5.73 Å². The Morgan fingerprint density at radius 2 is 1.93 bits per heavy atom. The number of aliphatic carboxylic acids is 1. The van der Waals surface area contributed by atoms with E-state index in [1.165, 1.54) is 5.56 Å². The molecule has 0 aromatic heterocycles. The Bertz CT molecular complexity index is 298. The molecule has 0 aliphatic carbocycles. The van der Waals surface area contributed by atoms with Gasteiger partial charge in [-0.2, -0.15) is 0 Å². The van der Waals surface area contributed by atoms with Crippen molar-refractivity contribution in [2.45, 2.75) is 31.7 Å². The average molecular weight is 207 g/mol. The van der Waals surface area contributed by atoms with E-state index in [4.69, 9.17) is 10.8 Å². The fourth-order valence-electron chi connectivity index (χ4n) is 1.46. The average Bonchev–Trinajstić information content (AvgIpc) is 2.25. The van der Waals surface area contributed by atoms with Gasteiger partial charge in [-0.15, -0.1) is 0 Å². The van der Waals surface area contributed by atoms with E-state index in [0.717, 1.165) is 19.3 Å². The normalized spacial score (nSPS) is 12.3. The molecular weight excluding hydrogens is 190 g/mol. The summed E-state index contributed by atoms with van der Waals surface area (Å²) < 4.78 is 0. The van der Waals surface area contributed by atoms with E-state index in [9.17, 15) is 4.79 Å². The molecule has 82 valence electrons. The van der Waals surface area contributed by atoms with Crippen LogP contribution < -0.4 is 5.73 Å². The molecule has 15 heavy (non-hydrogen) atoms. The summed E-state index contributed by atoms with van der Waals surface area (Å²) in [5, 5.41) is 8.57. The highest BCUT2D eigenvalue weighted by Gasteiger charge is 2.09. The SMILES string of the molecule is N[C@H](CCCCc1ccccc1)C(=O)O. The van der Waals surface area contributed by atoms with Gasteiger partial charge in [0.15, 0.2) is 0 Å². The van der Waals surface area contributed by atoms with Crippen LogP contribution in [0.25, 0.3) is 0 Å². The van der Waals surface area contributed by atoms with Gasteiger partial charge in [0, 0.05) is 0 Å². The molecule has 0 saturated heterocycles. The Morgan fingerprint density at radius 3 is 2.53 bits per heavy atom. The van der Waals surface area contributed by atoms with Gasteiger partial charge >= 0.3 is 5.97 Å². The Hall–Kier alpha value is -1.35. The lowest BCUT2D eigenvalue weighted by Gasteiger charge is -2.05. The Kier molecular flexibility index (Phi) is 4.84. The predicted octanol–water partition coefficient (Wildman–Crippen LogP) is 1.81. The highest BCUT2D eigenvalue weighted by Crippen LogP contribution is 2.07. The summed E-state index contributed by atoms with van der Waals surface area (Å²) in [5.41, 5.74) is 6.69. The number of carboxylic acids is 1. The van der Waals surface area contributed by atoms with Gasteiger partial charge in [0.2, 0.25) is 0 Å². The quantitative estimate of drug-likeness (QED) is 0.699. The topological polar surface area (TPSA) is 63.3 Å². The predicted molar refractivity (Wildman–Crippen MR) is 59.6 cm³/mol. The molecule has 0 unspecified atom stereocenters. The van der Waals surface area contributed by atoms with E-state index in [-0.39, 0.29) is 0 Å². The third-order valence-electron chi connectivity index (χ3n) is 2.39. The van der Waals surface area contributed by atoms with Gasteiger partial charge in [-0.3, -0.25) is 4.79 Å². The van der Waals surface area contributed by atoms with Crippen LogP contribution in [0.15, 0.2) is 30.3 Å². The first-order chi connectivity index (χ1) is 7.20. The van der Waals surface area contributed by atoms with Gasteiger partial charge in [-0.1, -0.05) is 36.8 Å². The van der Waals surface area contributed by atoms with Crippen molar-refractivity contribution < 1.29 is 9.90 Å². The van der Waals surface area contributed by atoms with Crippen LogP contribution in [0.4, 0.5) is 0 Å². The van der Waals surface area contributed by atoms with Crippen LogP contribution in [-0.2, 0) is 11.2 Å². The number of rotatable bonds is 6. The Balaban J connectivity index is 2.15. The van der Waals surface area contributed by atoms with Gasteiger partial charge in [0.25, 0.3) is 0 Å². The molecule has 1 rings (SSSR count). The maximum Gasteiger partial charge on any atom is 0.320 e. The molecule has 0 fully saturated rings. The third-order valence-corrected chi connectivity index (χ3v) is 2.39. The molecule has 1 aromatic carbocycles. The smallest absolute Gasteiger partial charge is 0.320 e. The van der Waals surface area contributed by atoms with Gasteiger partial charge < -0.3 is 10.8 Å². The summed E-state index contributed by atoms with van der Waals surface area (Å²) in [6, 6.07) is 9.47.